The molecule has 1 aliphatic heterocycles. The minimum absolute atomic E-state index is 0.174. The summed E-state index contributed by atoms with van der Waals surface area (Å²) in [5, 5.41) is 8.90. The van der Waals surface area contributed by atoms with E-state index in [1.54, 1.807) is 7.11 Å². The van der Waals surface area contributed by atoms with Crippen LogP contribution in [0, 0.1) is 11.3 Å². The van der Waals surface area contributed by atoms with Gasteiger partial charge in [0.05, 0.1) is 19.6 Å². The molecular formula is C15H20N2O2. The number of nitriles is 1. The molecule has 102 valence electrons. The summed E-state index contributed by atoms with van der Waals surface area (Å²) in [7, 11) is 3.74. The van der Waals surface area contributed by atoms with Crippen molar-refractivity contribution in [3.8, 4) is 17.6 Å². The molecule has 0 saturated carbocycles. The summed E-state index contributed by atoms with van der Waals surface area (Å²) in [6.45, 7) is 2.04. The Balaban J connectivity index is 2.19. The van der Waals surface area contributed by atoms with Crippen molar-refractivity contribution in [2.24, 2.45) is 0 Å². The Hall–Kier alpha value is -1.73. The van der Waals surface area contributed by atoms with Crippen molar-refractivity contribution in [1.82, 2.24) is 4.90 Å². The molecule has 1 aliphatic rings. The molecule has 0 radical (unpaired) electrons. The molecule has 4 heteroatoms. The number of ether oxygens (including phenoxy) is 2. The lowest BCUT2D eigenvalue weighted by Crippen LogP contribution is -2.38. The van der Waals surface area contributed by atoms with Crippen LogP contribution in [0.25, 0.3) is 0 Å². The Morgan fingerprint density at radius 2 is 2.32 bits per heavy atom. The molecule has 1 fully saturated rings. The zero-order chi connectivity index (χ0) is 13.7. The summed E-state index contributed by atoms with van der Waals surface area (Å²) in [5.41, 5.74) is 0.898. The molecule has 2 rings (SSSR count). The molecule has 4 nitrogen and oxygen atoms in total. The SMILES string of the molecule is COc1cccc(CC#N)c1OC1CCCN(C)C1. The highest BCUT2D eigenvalue weighted by Crippen LogP contribution is 2.33. The number of para-hydroxylation sites is 1. The lowest BCUT2D eigenvalue weighted by molar-refractivity contribution is 0.100. The minimum atomic E-state index is 0.174. The molecular weight excluding hydrogens is 240 g/mol. The number of benzene rings is 1. The maximum atomic E-state index is 8.90. The smallest absolute Gasteiger partial charge is 0.165 e. The predicted octanol–water partition coefficient (Wildman–Crippen LogP) is 2.23. The van der Waals surface area contributed by atoms with Gasteiger partial charge >= 0.3 is 0 Å². The van der Waals surface area contributed by atoms with Crippen molar-refractivity contribution in [1.29, 1.82) is 5.26 Å². The molecule has 1 atom stereocenters. The molecule has 1 aromatic rings. The summed E-state index contributed by atoms with van der Waals surface area (Å²) in [4.78, 5) is 2.27. The van der Waals surface area contributed by atoms with Crippen LogP contribution in [0.1, 0.15) is 18.4 Å². The third-order valence-electron chi connectivity index (χ3n) is 3.42. The number of likely N-dealkylation sites (tertiary alicyclic amines) is 1. The van der Waals surface area contributed by atoms with Crippen molar-refractivity contribution in [2.75, 3.05) is 27.2 Å². The van der Waals surface area contributed by atoms with Crippen LogP contribution in [0.5, 0.6) is 11.5 Å². The number of rotatable bonds is 4. The molecule has 0 spiro atoms. The average Bonchev–Trinajstić information content (AvgIpc) is 2.41. The van der Waals surface area contributed by atoms with E-state index in [1.807, 2.05) is 18.2 Å². The van der Waals surface area contributed by atoms with Crippen molar-refractivity contribution >= 4 is 0 Å². The summed E-state index contributed by atoms with van der Waals surface area (Å²) in [6, 6.07) is 7.87. The molecule has 0 aromatic heterocycles. The molecule has 1 unspecified atom stereocenters. The Morgan fingerprint density at radius 3 is 3.00 bits per heavy atom. The highest BCUT2D eigenvalue weighted by molar-refractivity contribution is 5.47. The molecule has 1 saturated heterocycles. The standard InChI is InChI=1S/C15H20N2O2/c1-17-10-4-6-13(11-17)19-15-12(8-9-16)5-3-7-14(15)18-2/h3,5,7,13H,4,6,8,10-11H2,1-2H3. The van der Waals surface area contributed by atoms with Crippen molar-refractivity contribution < 1.29 is 9.47 Å². The van der Waals surface area contributed by atoms with E-state index in [0.29, 0.717) is 12.2 Å². The number of hydrogen-bond acceptors (Lipinski definition) is 4. The van der Waals surface area contributed by atoms with Gasteiger partial charge in [0.1, 0.15) is 6.10 Å². The lowest BCUT2D eigenvalue weighted by atomic mass is 10.1. The third kappa shape index (κ3) is 3.39. The molecule has 0 amide bonds. The van der Waals surface area contributed by atoms with Crippen molar-refractivity contribution in [3.63, 3.8) is 0 Å². The Morgan fingerprint density at radius 1 is 1.47 bits per heavy atom. The van der Waals surface area contributed by atoms with Crippen LogP contribution in [-0.2, 0) is 6.42 Å². The minimum Gasteiger partial charge on any atom is -0.493 e. The van der Waals surface area contributed by atoms with Crippen LogP contribution in [0.3, 0.4) is 0 Å². The van der Waals surface area contributed by atoms with Gasteiger partial charge in [-0.25, -0.2) is 0 Å². The van der Waals surface area contributed by atoms with Gasteiger partial charge in [-0.1, -0.05) is 12.1 Å². The van der Waals surface area contributed by atoms with E-state index in [-0.39, 0.29) is 6.10 Å². The normalized spacial score (nSPS) is 19.7. The maximum absolute atomic E-state index is 8.90. The van der Waals surface area contributed by atoms with Crippen molar-refractivity contribution in [2.45, 2.75) is 25.4 Å². The second-order valence-corrected chi connectivity index (χ2v) is 4.93. The van der Waals surface area contributed by atoms with E-state index in [2.05, 4.69) is 18.0 Å². The van der Waals surface area contributed by atoms with Crippen LogP contribution in [0.15, 0.2) is 18.2 Å². The second-order valence-electron chi connectivity index (χ2n) is 4.93. The molecule has 0 aliphatic carbocycles. The van der Waals surface area contributed by atoms with Crippen LogP contribution in [0.4, 0.5) is 0 Å². The van der Waals surface area contributed by atoms with Gasteiger partial charge in [-0.05, 0) is 32.5 Å². The molecule has 0 bridgehead atoms. The average molecular weight is 260 g/mol. The summed E-state index contributed by atoms with van der Waals surface area (Å²) in [6.07, 6.45) is 2.71. The first-order valence-corrected chi connectivity index (χ1v) is 6.62. The Labute approximate surface area is 114 Å². The van der Waals surface area contributed by atoms with Crippen molar-refractivity contribution in [3.05, 3.63) is 23.8 Å². The van der Waals surface area contributed by atoms with Gasteiger partial charge < -0.3 is 14.4 Å². The second kappa shape index (κ2) is 6.44. The number of nitrogens with zero attached hydrogens (tertiary/aromatic N) is 2. The highest BCUT2D eigenvalue weighted by atomic mass is 16.5. The summed E-state index contributed by atoms with van der Waals surface area (Å²) < 4.78 is 11.5. The quantitative estimate of drug-likeness (QED) is 0.833. The van der Waals surface area contributed by atoms with Gasteiger partial charge in [0.15, 0.2) is 11.5 Å². The predicted molar refractivity (Wildman–Crippen MR) is 73.5 cm³/mol. The van der Waals surface area contributed by atoms with E-state index < -0.39 is 0 Å². The fourth-order valence-corrected chi connectivity index (χ4v) is 2.46. The number of likely N-dealkylation sites (N-methyl/N-ethyl adjacent to an activating group) is 1. The van der Waals surface area contributed by atoms with E-state index in [9.17, 15) is 0 Å². The van der Waals surface area contributed by atoms with Crippen LogP contribution >= 0.6 is 0 Å². The fraction of sp³-hybridized carbons (Fsp3) is 0.533. The van der Waals surface area contributed by atoms with E-state index in [0.717, 1.165) is 37.2 Å². The van der Waals surface area contributed by atoms with E-state index >= 15 is 0 Å². The fourth-order valence-electron chi connectivity index (χ4n) is 2.46. The zero-order valence-corrected chi connectivity index (χ0v) is 11.6. The van der Waals surface area contributed by atoms with E-state index in [1.165, 1.54) is 0 Å². The van der Waals surface area contributed by atoms with Gasteiger partial charge in [-0.15, -0.1) is 0 Å². The van der Waals surface area contributed by atoms with Gasteiger partial charge in [-0.2, -0.15) is 5.26 Å². The maximum Gasteiger partial charge on any atom is 0.165 e. The summed E-state index contributed by atoms with van der Waals surface area (Å²) >= 11 is 0. The Bertz CT molecular complexity index is 468. The van der Waals surface area contributed by atoms with Gasteiger partial charge in [0.2, 0.25) is 0 Å². The largest absolute Gasteiger partial charge is 0.493 e. The monoisotopic (exact) mass is 260 g/mol. The number of piperidine rings is 1. The molecule has 19 heavy (non-hydrogen) atoms. The Kier molecular flexibility index (Phi) is 4.64. The van der Waals surface area contributed by atoms with Crippen LogP contribution in [0.2, 0.25) is 0 Å². The molecule has 1 aromatic carbocycles. The first-order valence-electron chi connectivity index (χ1n) is 6.62. The van der Waals surface area contributed by atoms with Gasteiger partial charge in [-0.3, -0.25) is 0 Å². The molecule has 1 heterocycles. The summed E-state index contributed by atoms with van der Waals surface area (Å²) in [5.74, 6) is 1.44. The number of methoxy groups -OCH3 is 1. The van der Waals surface area contributed by atoms with Crippen LogP contribution < -0.4 is 9.47 Å². The topological polar surface area (TPSA) is 45.5 Å². The lowest BCUT2D eigenvalue weighted by Gasteiger charge is -2.30. The van der Waals surface area contributed by atoms with Gasteiger partial charge in [0.25, 0.3) is 0 Å². The van der Waals surface area contributed by atoms with E-state index in [4.69, 9.17) is 14.7 Å². The highest BCUT2D eigenvalue weighted by Gasteiger charge is 2.21. The zero-order valence-electron chi connectivity index (χ0n) is 11.6. The first-order chi connectivity index (χ1) is 9.24. The number of hydrogen-bond donors (Lipinski definition) is 0. The van der Waals surface area contributed by atoms with Gasteiger partial charge in [0, 0.05) is 12.1 Å². The third-order valence-corrected chi connectivity index (χ3v) is 3.42. The first kappa shape index (κ1) is 13.7. The molecule has 0 N–H and O–H groups in total. The van der Waals surface area contributed by atoms with Crippen LogP contribution in [-0.4, -0.2) is 38.3 Å².